The molecule has 4 heteroatoms. The molecule has 0 unspecified atom stereocenters. The number of benzene rings is 2. The first-order chi connectivity index (χ1) is 12.1. The van der Waals surface area contributed by atoms with Crippen LogP contribution in [0.3, 0.4) is 0 Å². The highest BCUT2D eigenvalue weighted by Gasteiger charge is 2.06. The maximum atomic E-state index is 12.9. The SMILES string of the molecule is CC(C)c1ccc(-c2cnc(CNCCc3ccc(F)cc3)s2)cc1. The van der Waals surface area contributed by atoms with Gasteiger partial charge in [-0.25, -0.2) is 9.37 Å². The molecule has 0 amide bonds. The van der Waals surface area contributed by atoms with E-state index in [0.717, 1.165) is 30.1 Å². The van der Waals surface area contributed by atoms with E-state index in [1.807, 2.05) is 18.3 Å². The normalized spacial score (nSPS) is 11.2. The Morgan fingerprint density at radius 1 is 1.04 bits per heavy atom. The van der Waals surface area contributed by atoms with Crippen LogP contribution in [0.25, 0.3) is 10.4 Å². The summed E-state index contributed by atoms with van der Waals surface area (Å²) in [6.07, 6.45) is 2.83. The van der Waals surface area contributed by atoms with Crippen molar-refractivity contribution in [2.24, 2.45) is 0 Å². The monoisotopic (exact) mass is 354 g/mol. The van der Waals surface area contributed by atoms with E-state index in [2.05, 4.69) is 48.4 Å². The first kappa shape index (κ1) is 17.8. The summed E-state index contributed by atoms with van der Waals surface area (Å²) in [4.78, 5) is 5.71. The highest BCUT2D eigenvalue weighted by atomic mass is 32.1. The van der Waals surface area contributed by atoms with Crippen LogP contribution in [-0.2, 0) is 13.0 Å². The molecule has 0 atom stereocenters. The lowest BCUT2D eigenvalue weighted by Gasteiger charge is -2.05. The van der Waals surface area contributed by atoms with E-state index in [1.54, 1.807) is 11.3 Å². The van der Waals surface area contributed by atoms with Crippen LogP contribution in [0.5, 0.6) is 0 Å². The maximum Gasteiger partial charge on any atom is 0.123 e. The Morgan fingerprint density at radius 3 is 2.44 bits per heavy atom. The molecule has 0 radical (unpaired) electrons. The highest BCUT2D eigenvalue weighted by Crippen LogP contribution is 2.27. The van der Waals surface area contributed by atoms with Gasteiger partial charge in [-0.2, -0.15) is 0 Å². The molecular formula is C21H23FN2S. The number of thiazole rings is 1. The van der Waals surface area contributed by atoms with Gasteiger partial charge >= 0.3 is 0 Å². The molecular weight excluding hydrogens is 331 g/mol. The smallest absolute Gasteiger partial charge is 0.123 e. The minimum Gasteiger partial charge on any atom is -0.310 e. The molecule has 2 aromatic carbocycles. The molecule has 0 aliphatic rings. The van der Waals surface area contributed by atoms with E-state index in [1.165, 1.54) is 28.1 Å². The Hall–Kier alpha value is -2.04. The van der Waals surface area contributed by atoms with Gasteiger partial charge in [-0.15, -0.1) is 11.3 Å². The van der Waals surface area contributed by atoms with Gasteiger partial charge in [0.05, 0.1) is 4.88 Å². The van der Waals surface area contributed by atoms with Gasteiger partial charge in [-0.05, 0) is 47.7 Å². The molecule has 0 aliphatic carbocycles. The Bertz CT molecular complexity index is 792. The van der Waals surface area contributed by atoms with Crippen molar-refractivity contribution in [3.63, 3.8) is 0 Å². The summed E-state index contributed by atoms with van der Waals surface area (Å²) >= 11 is 1.73. The van der Waals surface area contributed by atoms with E-state index < -0.39 is 0 Å². The lowest BCUT2D eigenvalue weighted by molar-refractivity contribution is 0.626. The molecule has 2 nitrogen and oxygen atoms in total. The third-order valence-electron chi connectivity index (χ3n) is 4.20. The molecule has 1 N–H and O–H groups in total. The summed E-state index contributed by atoms with van der Waals surface area (Å²) in [6, 6.07) is 15.4. The first-order valence-corrected chi connectivity index (χ1v) is 9.43. The molecule has 0 aliphatic heterocycles. The van der Waals surface area contributed by atoms with Crippen molar-refractivity contribution in [2.45, 2.75) is 32.7 Å². The number of rotatable bonds is 7. The molecule has 1 heterocycles. The zero-order valence-electron chi connectivity index (χ0n) is 14.6. The van der Waals surface area contributed by atoms with Crippen LogP contribution in [0.4, 0.5) is 4.39 Å². The minimum atomic E-state index is -0.187. The number of halogens is 1. The second kappa shape index (κ2) is 8.37. The molecule has 1 aromatic heterocycles. The molecule has 0 saturated carbocycles. The van der Waals surface area contributed by atoms with Gasteiger partial charge in [0.1, 0.15) is 10.8 Å². The van der Waals surface area contributed by atoms with E-state index in [-0.39, 0.29) is 5.82 Å². The topological polar surface area (TPSA) is 24.9 Å². The zero-order valence-corrected chi connectivity index (χ0v) is 15.4. The summed E-state index contributed by atoms with van der Waals surface area (Å²) < 4.78 is 12.9. The van der Waals surface area contributed by atoms with Crippen molar-refractivity contribution < 1.29 is 4.39 Å². The third kappa shape index (κ3) is 4.97. The van der Waals surface area contributed by atoms with Crippen LogP contribution >= 0.6 is 11.3 Å². The van der Waals surface area contributed by atoms with Gasteiger partial charge in [0.25, 0.3) is 0 Å². The summed E-state index contributed by atoms with van der Waals surface area (Å²) in [5.74, 6) is 0.366. The van der Waals surface area contributed by atoms with Gasteiger partial charge in [0, 0.05) is 12.7 Å². The number of nitrogens with zero attached hydrogens (tertiary/aromatic N) is 1. The van der Waals surface area contributed by atoms with E-state index >= 15 is 0 Å². The standard InChI is InChI=1S/C21H23FN2S/c1-15(2)17-5-7-18(8-6-17)20-13-24-21(25-20)14-23-12-11-16-3-9-19(22)10-4-16/h3-10,13,15,23H,11-12,14H2,1-2H3. The number of hydrogen-bond acceptors (Lipinski definition) is 3. The molecule has 3 aromatic rings. The second-order valence-electron chi connectivity index (χ2n) is 6.45. The first-order valence-electron chi connectivity index (χ1n) is 8.62. The lowest BCUT2D eigenvalue weighted by atomic mass is 10.0. The van der Waals surface area contributed by atoms with Crippen molar-refractivity contribution in [1.82, 2.24) is 10.3 Å². The van der Waals surface area contributed by atoms with Crippen LogP contribution in [0, 0.1) is 5.82 Å². The second-order valence-corrected chi connectivity index (χ2v) is 7.56. The molecule has 0 bridgehead atoms. The van der Waals surface area contributed by atoms with Gasteiger partial charge in [-0.3, -0.25) is 0 Å². The summed E-state index contributed by atoms with van der Waals surface area (Å²) in [6.45, 7) is 6.02. The summed E-state index contributed by atoms with van der Waals surface area (Å²) in [5.41, 5.74) is 3.72. The average Bonchev–Trinajstić information content (AvgIpc) is 3.09. The van der Waals surface area contributed by atoms with E-state index in [4.69, 9.17) is 0 Å². The largest absolute Gasteiger partial charge is 0.310 e. The predicted molar refractivity (Wildman–Crippen MR) is 103 cm³/mol. The van der Waals surface area contributed by atoms with Gasteiger partial charge in [0.2, 0.25) is 0 Å². The lowest BCUT2D eigenvalue weighted by Crippen LogP contribution is -2.16. The van der Waals surface area contributed by atoms with E-state index in [0.29, 0.717) is 5.92 Å². The van der Waals surface area contributed by atoms with Crippen molar-refractivity contribution >= 4 is 11.3 Å². The molecule has 0 fully saturated rings. The number of nitrogens with one attached hydrogen (secondary N) is 1. The number of hydrogen-bond donors (Lipinski definition) is 1. The van der Waals surface area contributed by atoms with Crippen molar-refractivity contribution in [3.05, 3.63) is 76.7 Å². The van der Waals surface area contributed by atoms with Crippen molar-refractivity contribution in [1.29, 1.82) is 0 Å². The van der Waals surface area contributed by atoms with Crippen LogP contribution in [0.15, 0.2) is 54.7 Å². The third-order valence-corrected chi connectivity index (χ3v) is 5.24. The summed E-state index contributed by atoms with van der Waals surface area (Å²) in [5, 5.41) is 4.49. The highest BCUT2D eigenvalue weighted by molar-refractivity contribution is 7.15. The van der Waals surface area contributed by atoms with Crippen LogP contribution < -0.4 is 5.32 Å². The van der Waals surface area contributed by atoms with Crippen molar-refractivity contribution in [2.75, 3.05) is 6.54 Å². The zero-order chi connectivity index (χ0) is 17.6. The van der Waals surface area contributed by atoms with Crippen LogP contribution in [0.1, 0.15) is 35.9 Å². The molecule has 25 heavy (non-hydrogen) atoms. The van der Waals surface area contributed by atoms with Crippen molar-refractivity contribution in [3.8, 4) is 10.4 Å². The van der Waals surface area contributed by atoms with Gasteiger partial charge in [-0.1, -0.05) is 50.2 Å². The maximum absolute atomic E-state index is 12.9. The fraction of sp³-hybridized carbons (Fsp3) is 0.286. The Kier molecular flexibility index (Phi) is 5.95. The van der Waals surface area contributed by atoms with Crippen LogP contribution in [0.2, 0.25) is 0 Å². The molecule has 0 saturated heterocycles. The Balaban J connectivity index is 1.50. The quantitative estimate of drug-likeness (QED) is 0.574. The molecule has 130 valence electrons. The Labute approximate surface area is 152 Å². The van der Waals surface area contributed by atoms with E-state index in [9.17, 15) is 4.39 Å². The average molecular weight is 354 g/mol. The fourth-order valence-corrected chi connectivity index (χ4v) is 3.53. The predicted octanol–water partition coefficient (Wildman–Crippen LogP) is 5.40. The Morgan fingerprint density at radius 2 is 1.76 bits per heavy atom. The van der Waals surface area contributed by atoms with Gasteiger partial charge in [0.15, 0.2) is 0 Å². The van der Waals surface area contributed by atoms with Gasteiger partial charge < -0.3 is 5.32 Å². The molecule has 3 rings (SSSR count). The van der Waals surface area contributed by atoms with Crippen LogP contribution in [-0.4, -0.2) is 11.5 Å². The number of aromatic nitrogens is 1. The fourth-order valence-electron chi connectivity index (χ4n) is 2.64. The molecule has 0 spiro atoms. The minimum absolute atomic E-state index is 0.187. The summed E-state index contributed by atoms with van der Waals surface area (Å²) in [7, 11) is 0.